The van der Waals surface area contributed by atoms with Crippen LogP contribution < -0.4 is 4.74 Å². The minimum atomic E-state index is -1.26. The third-order valence-electron chi connectivity index (χ3n) is 2.61. The van der Waals surface area contributed by atoms with Gasteiger partial charge in [0.15, 0.2) is 0 Å². The van der Waals surface area contributed by atoms with E-state index in [1.807, 2.05) is 19.1 Å². The number of ether oxygens (including phenoxy) is 1. The molecule has 0 saturated carbocycles. The van der Waals surface area contributed by atoms with Crippen molar-refractivity contribution in [1.82, 2.24) is 4.90 Å². The maximum Gasteiger partial charge on any atom is 0.323 e. The summed E-state index contributed by atoms with van der Waals surface area (Å²) in [5.74, 6) is -2.50. The van der Waals surface area contributed by atoms with E-state index in [9.17, 15) is 14.4 Å². The quantitative estimate of drug-likeness (QED) is 0.733. The number of hydrogen-bond acceptors (Lipinski definition) is 4. The van der Waals surface area contributed by atoms with Gasteiger partial charge in [0.2, 0.25) is 5.91 Å². The zero-order chi connectivity index (χ0) is 15.8. The van der Waals surface area contributed by atoms with Crippen molar-refractivity contribution in [2.75, 3.05) is 19.7 Å². The van der Waals surface area contributed by atoms with Gasteiger partial charge >= 0.3 is 11.9 Å². The van der Waals surface area contributed by atoms with Crippen molar-refractivity contribution in [2.24, 2.45) is 0 Å². The van der Waals surface area contributed by atoms with Gasteiger partial charge < -0.3 is 19.8 Å². The van der Waals surface area contributed by atoms with Gasteiger partial charge in [-0.15, -0.1) is 0 Å². The molecule has 1 aromatic rings. The lowest BCUT2D eigenvalue weighted by Gasteiger charge is -2.18. The third kappa shape index (κ3) is 6.42. The molecule has 0 aliphatic carbocycles. The molecule has 0 radical (unpaired) electrons. The first kappa shape index (κ1) is 16.5. The molecule has 0 heterocycles. The van der Waals surface area contributed by atoms with Crippen molar-refractivity contribution in [1.29, 1.82) is 0 Å². The van der Waals surface area contributed by atoms with Gasteiger partial charge in [0.25, 0.3) is 0 Å². The lowest BCUT2D eigenvalue weighted by molar-refractivity contribution is -0.149. The highest BCUT2D eigenvalue weighted by atomic mass is 16.5. The summed E-state index contributed by atoms with van der Waals surface area (Å²) in [5, 5.41) is 17.3. The first-order valence-electron chi connectivity index (χ1n) is 6.29. The van der Waals surface area contributed by atoms with Crippen LogP contribution >= 0.6 is 0 Å². The van der Waals surface area contributed by atoms with Crippen molar-refractivity contribution >= 4 is 17.8 Å². The molecule has 2 N–H and O–H groups in total. The lowest BCUT2D eigenvalue weighted by atomic mass is 10.2. The zero-order valence-corrected chi connectivity index (χ0v) is 11.6. The van der Waals surface area contributed by atoms with Crippen LogP contribution in [0.4, 0.5) is 0 Å². The predicted octanol–water partition coefficient (Wildman–Crippen LogP) is 0.762. The van der Waals surface area contributed by atoms with Crippen molar-refractivity contribution in [3.8, 4) is 5.75 Å². The summed E-state index contributed by atoms with van der Waals surface area (Å²) >= 11 is 0. The second kappa shape index (κ2) is 7.88. The van der Waals surface area contributed by atoms with Crippen LogP contribution in [0.25, 0.3) is 0 Å². The first-order valence-corrected chi connectivity index (χ1v) is 6.29. The Bertz CT molecular complexity index is 495. The Balaban J connectivity index is 2.47. The fourth-order valence-corrected chi connectivity index (χ4v) is 1.61. The Morgan fingerprint density at radius 3 is 2.05 bits per heavy atom. The average molecular weight is 295 g/mol. The van der Waals surface area contributed by atoms with Gasteiger partial charge in [-0.1, -0.05) is 17.7 Å². The minimum absolute atomic E-state index is 0.0532. The summed E-state index contributed by atoms with van der Waals surface area (Å²) in [4.78, 5) is 33.8. The molecule has 0 aromatic heterocycles. The summed E-state index contributed by atoms with van der Waals surface area (Å²) in [6, 6.07) is 7.23. The largest absolute Gasteiger partial charge is 0.493 e. The highest BCUT2D eigenvalue weighted by molar-refractivity contribution is 5.85. The molecule has 7 nitrogen and oxygen atoms in total. The van der Waals surface area contributed by atoms with E-state index in [0.717, 1.165) is 10.5 Å². The summed E-state index contributed by atoms with van der Waals surface area (Å²) in [5.41, 5.74) is 1.08. The van der Waals surface area contributed by atoms with Gasteiger partial charge in [-0.3, -0.25) is 14.4 Å². The number of aliphatic carboxylic acids is 2. The van der Waals surface area contributed by atoms with Crippen LogP contribution in [0.5, 0.6) is 5.75 Å². The number of carbonyl (C=O) groups is 3. The van der Waals surface area contributed by atoms with Gasteiger partial charge in [-0.05, 0) is 19.1 Å². The molecule has 0 aliphatic heterocycles. The summed E-state index contributed by atoms with van der Waals surface area (Å²) in [7, 11) is 0. The van der Waals surface area contributed by atoms with Crippen LogP contribution in [-0.2, 0) is 14.4 Å². The van der Waals surface area contributed by atoms with Crippen LogP contribution in [0.3, 0.4) is 0 Å². The van der Waals surface area contributed by atoms with Crippen LogP contribution in [0.15, 0.2) is 24.3 Å². The van der Waals surface area contributed by atoms with Crippen molar-refractivity contribution in [3.63, 3.8) is 0 Å². The van der Waals surface area contributed by atoms with E-state index in [-0.39, 0.29) is 13.0 Å². The maximum atomic E-state index is 11.8. The molecular formula is C14H17NO6. The normalized spacial score (nSPS) is 9.95. The van der Waals surface area contributed by atoms with Crippen LogP contribution in [0.1, 0.15) is 12.0 Å². The third-order valence-corrected chi connectivity index (χ3v) is 2.61. The topological polar surface area (TPSA) is 104 Å². The van der Waals surface area contributed by atoms with Crippen LogP contribution in [0, 0.1) is 6.92 Å². The van der Waals surface area contributed by atoms with Crippen molar-refractivity contribution in [3.05, 3.63) is 29.8 Å². The molecule has 0 bridgehead atoms. The number of rotatable bonds is 8. The predicted molar refractivity (Wildman–Crippen MR) is 73.1 cm³/mol. The number of aryl methyl sites for hydroxylation is 1. The van der Waals surface area contributed by atoms with E-state index in [2.05, 4.69) is 0 Å². The maximum absolute atomic E-state index is 11.8. The van der Waals surface area contributed by atoms with Gasteiger partial charge in [-0.2, -0.15) is 0 Å². The van der Waals surface area contributed by atoms with Gasteiger partial charge in [-0.25, -0.2) is 0 Å². The molecule has 0 spiro atoms. The Kier molecular flexibility index (Phi) is 6.19. The van der Waals surface area contributed by atoms with E-state index in [0.29, 0.717) is 5.75 Å². The number of carboxylic acids is 2. The summed E-state index contributed by atoms with van der Waals surface area (Å²) in [6.45, 7) is 0.700. The number of hydrogen-bond donors (Lipinski definition) is 2. The fraction of sp³-hybridized carbons (Fsp3) is 0.357. The monoisotopic (exact) mass is 295 g/mol. The van der Waals surface area contributed by atoms with E-state index in [1.165, 1.54) is 0 Å². The van der Waals surface area contributed by atoms with Gasteiger partial charge in [0, 0.05) is 0 Å². The number of carboxylic acid groups (broad SMARTS) is 2. The molecule has 0 aliphatic rings. The second-order valence-corrected chi connectivity index (χ2v) is 4.45. The Labute approximate surface area is 121 Å². The van der Waals surface area contributed by atoms with E-state index < -0.39 is 30.9 Å². The molecule has 0 atom stereocenters. The van der Waals surface area contributed by atoms with E-state index in [4.69, 9.17) is 14.9 Å². The van der Waals surface area contributed by atoms with E-state index >= 15 is 0 Å². The molecule has 1 rings (SSSR count). The molecular weight excluding hydrogens is 278 g/mol. The molecule has 0 unspecified atom stereocenters. The molecule has 7 heteroatoms. The standard InChI is InChI=1S/C14H17NO6/c1-10-2-4-11(5-3-10)21-7-6-12(16)15(8-13(17)18)9-14(19)20/h2-5H,6-9H2,1H3,(H,17,18)(H,19,20). The van der Waals surface area contributed by atoms with Crippen LogP contribution in [0.2, 0.25) is 0 Å². The Hall–Kier alpha value is -2.57. The average Bonchev–Trinajstić information content (AvgIpc) is 2.39. The second-order valence-electron chi connectivity index (χ2n) is 4.45. The first-order chi connectivity index (χ1) is 9.88. The SMILES string of the molecule is Cc1ccc(OCCC(=O)N(CC(=O)O)CC(=O)O)cc1. The molecule has 1 amide bonds. The minimum Gasteiger partial charge on any atom is -0.493 e. The Morgan fingerprint density at radius 1 is 1.05 bits per heavy atom. The van der Waals surface area contributed by atoms with Gasteiger partial charge in [0.05, 0.1) is 13.0 Å². The number of benzene rings is 1. The lowest BCUT2D eigenvalue weighted by Crippen LogP contribution is -2.39. The zero-order valence-electron chi connectivity index (χ0n) is 11.6. The summed E-state index contributed by atoms with van der Waals surface area (Å²) in [6.07, 6.45) is -0.0889. The number of nitrogens with zero attached hydrogens (tertiary/aromatic N) is 1. The molecule has 114 valence electrons. The molecule has 0 saturated heterocycles. The molecule has 21 heavy (non-hydrogen) atoms. The van der Waals surface area contributed by atoms with Gasteiger partial charge in [0.1, 0.15) is 18.8 Å². The molecule has 0 fully saturated rings. The van der Waals surface area contributed by atoms with E-state index in [1.54, 1.807) is 12.1 Å². The Morgan fingerprint density at radius 2 is 1.57 bits per heavy atom. The van der Waals surface area contributed by atoms with Crippen molar-refractivity contribution < 1.29 is 29.3 Å². The fourth-order valence-electron chi connectivity index (χ4n) is 1.61. The molecule has 1 aromatic carbocycles. The summed E-state index contributed by atoms with van der Waals surface area (Å²) < 4.78 is 5.35. The highest BCUT2D eigenvalue weighted by Crippen LogP contribution is 2.11. The van der Waals surface area contributed by atoms with Crippen molar-refractivity contribution in [2.45, 2.75) is 13.3 Å². The smallest absolute Gasteiger partial charge is 0.323 e. The number of carbonyl (C=O) groups excluding carboxylic acids is 1. The highest BCUT2D eigenvalue weighted by Gasteiger charge is 2.19. The number of amides is 1. The van der Waals surface area contributed by atoms with Crippen LogP contribution in [-0.4, -0.2) is 52.7 Å².